The van der Waals surface area contributed by atoms with Gasteiger partial charge in [-0.05, 0) is 6.42 Å². The highest BCUT2D eigenvalue weighted by atomic mass is 19.4. The molecule has 0 bridgehead atoms. The van der Waals surface area contributed by atoms with Crippen LogP contribution in [0.4, 0.5) is 39.5 Å². The first-order valence-electron chi connectivity index (χ1n) is 5.28. The Bertz CT molecular complexity index is 463. The fourth-order valence-corrected chi connectivity index (χ4v) is 1.10. The Morgan fingerprint density at radius 1 is 0.783 bits per heavy atom. The van der Waals surface area contributed by atoms with E-state index >= 15 is 0 Å². The number of carbonyl (C=O) groups excluding carboxylic acids is 2. The summed E-state index contributed by atoms with van der Waals surface area (Å²) in [5, 5.41) is 17.5. The van der Waals surface area contributed by atoms with Crippen LogP contribution >= 0.6 is 0 Å². The van der Waals surface area contributed by atoms with Gasteiger partial charge in [0.2, 0.25) is 0 Å². The smallest absolute Gasteiger partial charge is 0.388 e. The molecule has 0 radical (unpaired) electrons. The fraction of sp³-hybridized carbons (Fsp3) is 0.778. The van der Waals surface area contributed by atoms with Gasteiger partial charge in [-0.2, -0.15) is 39.5 Å². The van der Waals surface area contributed by atoms with Crippen molar-refractivity contribution in [2.75, 3.05) is 0 Å². The van der Waals surface area contributed by atoms with Crippen LogP contribution in [0.3, 0.4) is 0 Å². The summed E-state index contributed by atoms with van der Waals surface area (Å²) in [4.78, 5) is 21.8. The molecule has 0 spiro atoms. The molecule has 1 atom stereocenters. The highest BCUT2D eigenvalue weighted by Crippen LogP contribution is 2.44. The van der Waals surface area contributed by atoms with E-state index in [-0.39, 0.29) is 0 Å². The van der Waals surface area contributed by atoms with Gasteiger partial charge in [0.1, 0.15) is 0 Å². The summed E-state index contributed by atoms with van der Waals surface area (Å²) >= 11 is 0. The second kappa shape index (κ2) is 5.81. The van der Waals surface area contributed by atoms with Gasteiger partial charge in [0, 0.05) is 0 Å². The monoisotopic (exact) mass is 366 g/mol. The molecule has 0 fully saturated rings. The van der Waals surface area contributed by atoms with Gasteiger partial charge in [-0.1, -0.05) is 6.92 Å². The van der Waals surface area contributed by atoms with E-state index in [0.29, 0.717) is 6.92 Å². The SMILES string of the molecule is CCC(O)(C(=O)OC(=O)C(O)(C(F)(F)F)C(F)(F)F)C(F)(F)F. The average Bonchev–Trinajstić information content (AvgIpc) is 2.31. The number of carbonyl (C=O) groups is 2. The zero-order valence-corrected chi connectivity index (χ0v) is 10.7. The molecule has 2 N–H and O–H groups in total. The Kier molecular flexibility index (Phi) is 5.41. The van der Waals surface area contributed by atoms with Crippen molar-refractivity contribution in [3.8, 4) is 0 Å². The number of halogens is 9. The Morgan fingerprint density at radius 3 is 1.35 bits per heavy atom. The minimum Gasteiger partial charge on any atom is -0.388 e. The summed E-state index contributed by atoms with van der Waals surface area (Å²) in [6.07, 6.45) is -21.0. The summed E-state index contributed by atoms with van der Waals surface area (Å²) < 4.78 is 113. The molecule has 0 aromatic rings. The molecule has 0 aliphatic rings. The second-order valence-electron chi connectivity index (χ2n) is 4.09. The van der Waals surface area contributed by atoms with Gasteiger partial charge in [-0.3, -0.25) is 0 Å². The number of hydrogen-bond donors (Lipinski definition) is 2. The normalized spacial score (nSPS) is 16.7. The van der Waals surface area contributed by atoms with E-state index in [9.17, 15) is 49.1 Å². The fourth-order valence-electron chi connectivity index (χ4n) is 1.10. The standard InChI is InChI=1S/C9H7F9O5/c1-2-5(21,7(10,11)12)3(19)23-4(20)6(22,8(13,14)15)9(16,17)18/h21-22H,2H2,1H3. The topological polar surface area (TPSA) is 83.8 Å². The summed E-state index contributed by atoms with van der Waals surface area (Å²) in [5.74, 6) is -6.93. The third kappa shape index (κ3) is 3.52. The van der Waals surface area contributed by atoms with E-state index in [1.165, 1.54) is 0 Å². The molecular formula is C9H7F9O5. The van der Waals surface area contributed by atoms with Crippen molar-refractivity contribution in [2.45, 2.75) is 43.1 Å². The molecule has 0 heterocycles. The molecule has 5 nitrogen and oxygen atoms in total. The minimum absolute atomic E-state index is 0.485. The summed E-state index contributed by atoms with van der Waals surface area (Å²) in [6, 6.07) is 0. The van der Waals surface area contributed by atoms with Crippen LogP contribution in [0.1, 0.15) is 13.3 Å². The molecule has 14 heteroatoms. The van der Waals surface area contributed by atoms with Gasteiger partial charge >= 0.3 is 36.1 Å². The number of aliphatic hydroxyl groups is 2. The van der Waals surface area contributed by atoms with Crippen LogP contribution in [0.2, 0.25) is 0 Å². The molecule has 1 unspecified atom stereocenters. The van der Waals surface area contributed by atoms with Crippen LogP contribution in [0.15, 0.2) is 0 Å². The third-order valence-electron chi connectivity index (χ3n) is 2.62. The molecule has 0 amide bonds. The van der Waals surface area contributed by atoms with Crippen molar-refractivity contribution in [3.05, 3.63) is 0 Å². The van der Waals surface area contributed by atoms with Gasteiger partial charge in [0.25, 0.3) is 5.60 Å². The molecule has 0 aromatic carbocycles. The Labute approximate surface area is 120 Å². The number of hydrogen-bond acceptors (Lipinski definition) is 5. The minimum atomic E-state index is -6.76. The van der Waals surface area contributed by atoms with Crippen molar-refractivity contribution in [1.29, 1.82) is 0 Å². The maximum absolute atomic E-state index is 12.4. The van der Waals surface area contributed by atoms with E-state index < -0.39 is 48.1 Å². The molecule has 0 saturated heterocycles. The molecule has 0 rings (SSSR count). The molecule has 0 aromatic heterocycles. The number of esters is 2. The lowest BCUT2D eigenvalue weighted by atomic mass is 9.99. The third-order valence-corrected chi connectivity index (χ3v) is 2.62. The van der Waals surface area contributed by atoms with Gasteiger partial charge in [-0.25, -0.2) is 9.59 Å². The summed E-state index contributed by atoms with van der Waals surface area (Å²) in [7, 11) is 0. The first-order chi connectivity index (χ1) is 9.86. The lowest BCUT2D eigenvalue weighted by molar-refractivity contribution is -0.356. The van der Waals surface area contributed by atoms with E-state index in [0.717, 1.165) is 0 Å². The van der Waals surface area contributed by atoms with Gasteiger partial charge in [0.05, 0.1) is 0 Å². The van der Waals surface area contributed by atoms with Crippen molar-refractivity contribution in [2.24, 2.45) is 0 Å². The summed E-state index contributed by atoms with van der Waals surface area (Å²) in [5.41, 5.74) is -10.8. The van der Waals surface area contributed by atoms with Crippen LogP contribution in [-0.4, -0.2) is 51.9 Å². The Hall–Kier alpha value is -1.57. The van der Waals surface area contributed by atoms with Crippen molar-refractivity contribution >= 4 is 11.9 Å². The van der Waals surface area contributed by atoms with E-state index in [1.807, 2.05) is 0 Å². The van der Waals surface area contributed by atoms with E-state index in [4.69, 9.17) is 10.2 Å². The molecule has 23 heavy (non-hydrogen) atoms. The predicted octanol–water partition coefficient (Wildman–Crippen LogP) is 1.62. The van der Waals surface area contributed by atoms with Gasteiger partial charge in [-0.15, -0.1) is 0 Å². The van der Waals surface area contributed by atoms with E-state index in [1.54, 1.807) is 0 Å². The van der Waals surface area contributed by atoms with Crippen molar-refractivity contribution in [3.63, 3.8) is 0 Å². The second-order valence-corrected chi connectivity index (χ2v) is 4.09. The highest BCUT2D eigenvalue weighted by molar-refractivity contribution is 5.95. The highest BCUT2D eigenvalue weighted by Gasteiger charge is 2.77. The maximum Gasteiger partial charge on any atom is 0.437 e. The Balaban J connectivity index is 5.77. The van der Waals surface area contributed by atoms with E-state index in [2.05, 4.69) is 4.74 Å². The molecule has 0 aliphatic carbocycles. The maximum atomic E-state index is 12.4. The van der Waals surface area contributed by atoms with Crippen LogP contribution in [0, 0.1) is 0 Å². The lowest BCUT2D eigenvalue weighted by Gasteiger charge is -2.31. The van der Waals surface area contributed by atoms with Crippen LogP contribution in [-0.2, 0) is 14.3 Å². The number of rotatable bonds is 3. The number of alkyl halides is 9. The molecule has 136 valence electrons. The zero-order chi connectivity index (χ0) is 19.1. The zero-order valence-electron chi connectivity index (χ0n) is 10.7. The number of ether oxygens (including phenoxy) is 1. The predicted molar refractivity (Wildman–Crippen MR) is 49.5 cm³/mol. The van der Waals surface area contributed by atoms with Gasteiger partial charge < -0.3 is 14.9 Å². The first kappa shape index (κ1) is 21.4. The van der Waals surface area contributed by atoms with Crippen molar-refractivity contribution in [1.82, 2.24) is 0 Å². The van der Waals surface area contributed by atoms with Crippen LogP contribution in [0.5, 0.6) is 0 Å². The average molecular weight is 366 g/mol. The van der Waals surface area contributed by atoms with Crippen molar-refractivity contribution < 1.29 is 64.1 Å². The summed E-state index contributed by atoms with van der Waals surface area (Å²) in [6.45, 7) is 0.485. The largest absolute Gasteiger partial charge is 0.437 e. The van der Waals surface area contributed by atoms with Gasteiger partial charge in [0.15, 0.2) is 0 Å². The van der Waals surface area contributed by atoms with Crippen LogP contribution in [0.25, 0.3) is 0 Å². The van der Waals surface area contributed by atoms with Crippen LogP contribution < -0.4 is 0 Å². The Morgan fingerprint density at radius 2 is 1.13 bits per heavy atom. The molecular weight excluding hydrogens is 359 g/mol. The first-order valence-corrected chi connectivity index (χ1v) is 5.28. The molecule has 0 saturated carbocycles. The molecule has 0 aliphatic heterocycles. The quantitative estimate of drug-likeness (QED) is 0.451. The lowest BCUT2D eigenvalue weighted by Crippen LogP contribution is -2.64.